The zero-order valence-electron chi connectivity index (χ0n) is 13.9. The Labute approximate surface area is 145 Å². The van der Waals surface area contributed by atoms with Crippen LogP contribution in [0.1, 0.15) is 18.9 Å². The zero-order chi connectivity index (χ0) is 18.0. The van der Waals surface area contributed by atoms with Crippen molar-refractivity contribution in [3.63, 3.8) is 0 Å². The Hall–Kier alpha value is -2.82. The highest BCUT2D eigenvalue weighted by Gasteiger charge is 2.46. The fourth-order valence-electron chi connectivity index (χ4n) is 3.32. The number of anilines is 1. The van der Waals surface area contributed by atoms with E-state index in [0.717, 1.165) is 23.8 Å². The smallest absolute Gasteiger partial charge is 0.176 e. The highest BCUT2D eigenvalue weighted by molar-refractivity contribution is 6.43. The third-order valence-electron chi connectivity index (χ3n) is 4.43. The average molecular weight is 340 g/mol. The third kappa shape index (κ3) is 2.97. The molecular weight excluding hydrogens is 322 g/mol. The molecule has 0 fully saturated rings. The first-order chi connectivity index (χ1) is 12.0. The first-order valence-corrected chi connectivity index (χ1v) is 7.97. The molecule has 2 aromatic rings. The molecule has 0 radical (unpaired) electrons. The van der Waals surface area contributed by atoms with Gasteiger partial charge in [-0.1, -0.05) is 36.4 Å². The van der Waals surface area contributed by atoms with E-state index in [-0.39, 0.29) is 18.0 Å². The van der Waals surface area contributed by atoms with Gasteiger partial charge < -0.3 is 0 Å². The van der Waals surface area contributed by atoms with Crippen molar-refractivity contribution in [2.75, 3.05) is 11.6 Å². The number of ketones is 1. The molecule has 0 N–H and O–H groups in total. The van der Waals surface area contributed by atoms with Crippen LogP contribution < -0.4 is 5.01 Å². The van der Waals surface area contributed by atoms with Crippen LogP contribution >= 0.6 is 0 Å². The van der Waals surface area contributed by atoms with E-state index in [1.54, 1.807) is 6.08 Å². The number of hydrazone groups is 1. The fourth-order valence-corrected chi connectivity index (χ4v) is 3.32. The lowest BCUT2D eigenvalue weighted by Gasteiger charge is -2.30. The van der Waals surface area contributed by atoms with Gasteiger partial charge in [0.05, 0.1) is 17.6 Å². The van der Waals surface area contributed by atoms with Gasteiger partial charge >= 0.3 is 0 Å². The minimum atomic E-state index is -0.742. The van der Waals surface area contributed by atoms with E-state index in [2.05, 4.69) is 11.7 Å². The molecule has 128 valence electrons. The number of Topliss-reactive ketones (excluding diaryl/α,β-unsaturated/α-hetero) is 1. The topological polar surface area (TPSA) is 32.7 Å². The number of rotatable bonds is 5. The summed E-state index contributed by atoms with van der Waals surface area (Å²) in [6.45, 7) is 5.47. The summed E-state index contributed by atoms with van der Waals surface area (Å²) < 4.78 is 27.8. The summed E-state index contributed by atoms with van der Waals surface area (Å²) in [4.78, 5) is 12.3. The predicted molar refractivity (Wildman–Crippen MR) is 94.8 cm³/mol. The molecule has 1 unspecified atom stereocenters. The Balaban J connectivity index is 2.14. The SMILES string of the molecule is C=CCC1(c2ccccc2)CN(c2cc(F)ccc2F)N=C1C(C)=O. The van der Waals surface area contributed by atoms with E-state index < -0.39 is 17.0 Å². The number of nitrogens with zero attached hydrogens (tertiary/aromatic N) is 2. The minimum Gasteiger partial charge on any atom is -0.293 e. The van der Waals surface area contributed by atoms with Gasteiger partial charge in [-0.25, -0.2) is 8.78 Å². The van der Waals surface area contributed by atoms with Gasteiger partial charge in [0.1, 0.15) is 17.3 Å². The van der Waals surface area contributed by atoms with Gasteiger partial charge in [-0.15, -0.1) is 6.58 Å². The molecule has 2 aromatic carbocycles. The van der Waals surface area contributed by atoms with Crippen LogP contribution in [0.5, 0.6) is 0 Å². The van der Waals surface area contributed by atoms with Crippen molar-refractivity contribution in [1.82, 2.24) is 0 Å². The third-order valence-corrected chi connectivity index (χ3v) is 4.43. The van der Waals surface area contributed by atoms with Crippen LogP contribution in [0.15, 0.2) is 66.3 Å². The van der Waals surface area contributed by atoms with Gasteiger partial charge in [0, 0.05) is 13.0 Å². The standard InChI is InChI=1S/C20H18F2N2O/c1-3-11-20(15-7-5-4-6-8-15)13-24(23-19(20)14(2)25)18-12-16(21)9-10-17(18)22/h3-10,12H,1,11,13H2,2H3. The van der Waals surface area contributed by atoms with Crippen LogP contribution in [0.25, 0.3) is 0 Å². The maximum absolute atomic E-state index is 14.2. The summed E-state index contributed by atoms with van der Waals surface area (Å²) in [5.41, 5.74) is 0.485. The predicted octanol–water partition coefficient (Wildman–Crippen LogP) is 4.24. The number of hydrogen-bond donors (Lipinski definition) is 0. The van der Waals surface area contributed by atoms with Gasteiger partial charge in [0.2, 0.25) is 0 Å². The molecule has 0 saturated carbocycles. The van der Waals surface area contributed by atoms with Gasteiger partial charge in [0.25, 0.3) is 0 Å². The van der Waals surface area contributed by atoms with Gasteiger partial charge in [0.15, 0.2) is 5.78 Å². The number of carbonyl (C=O) groups is 1. The van der Waals surface area contributed by atoms with Crippen molar-refractivity contribution in [3.8, 4) is 0 Å². The second-order valence-corrected chi connectivity index (χ2v) is 6.10. The van der Waals surface area contributed by atoms with Crippen LogP contribution in [0.4, 0.5) is 14.5 Å². The Morgan fingerprint density at radius 2 is 2.00 bits per heavy atom. The molecule has 3 nitrogen and oxygen atoms in total. The van der Waals surface area contributed by atoms with Crippen molar-refractivity contribution in [1.29, 1.82) is 0 Å². The monoisotopic (exact) mass is 340 g/mol. The molecule has 25 heavy (non-hydrogen) atoms. The summed E-state index contributed by atoms with van der Waals surface area (Å²) in [7, 11) is 0. The first kappa shape index (κ1) is 17.0. The van der Waals surface area contributed by atoms with Gasteiger partial charge in [-0.3, -0.25) is 9.80 Å². The molecule has 0 saturated heterocycles. The molecule has 5 heteroatoms. The van der Waals surface area contributed by atoms with E-state index in [1.165, 1.54) is 11.9 Å². The van der Waals surface area contributed by atoms with E-state index in [4.69, 9.17) is 0 Å². The van der Waals surface area contributed by atoms with Crippen molar-refractivity contribution >= 4 is 17.2 Å². The highest BCUT2D eigenvalue weighted by atomic mass is 19.1. The second-order valence-electron chi connectivity index (χ2n) is 6.10. The molecule has 0 bridgehead atoms. The van der Waals surface area contributed by atoms with E-state index in [9.17, 15) is 13.6 Å². The Morgan fingerprint density at radius 1 is 1.28 bits per heavy atom. The van der Waals surface area contributed by atoms with E-state index in [0.29, 0.717) is 12.1 Å². The first-order valence-electron chi connectivity index (χ1n) is 7.97. The molecule has 3 rings (SSSR count). The van der Waals surface area contributed by atoms with Gasteiger partial charge in [-0.05, 0) is 24.1 Å². The van der Waals surface area contributed by atoms with Crippen molar-refractivity contribution in [3.05, 3.63) is 78.4 Å². The number of hydrogen-bond acceptors (Lipinski definition) is 3. The molecule has 0 aromatic heterocycles. The Kier molecular flexibility index (Phi) is 4.49. The molecule has 1 aliphatic rings. The lowest BCUT2D eigenvalue weighted by Crippen LogP contribution is -2.41. The maximum atomic E-state index is 14.2. The molecule has 1 aliphatic heterocycles. The maximum Gasteiger partial charge on any atom is 0.176 e. The normalized spacial score (nSPS) is 19.6. The van der Waals surface area contributed by atoms with Crippen molar-refractivity contribution in [2.45, 2.75) is 18.8 Å². The van der Waals surface area contributed by atoms with Crippen LogP contribution in [0.2, 0.25) is 0 Å². The van der Waals surface area contributed by atoms with Crippen LogP contribution in [0, 0.1) is 11.6 Å². The molecular formula is C20H18F2N2O. The quantitative estimate of drug-likeness (QED) is 0.763. The Bertz CT molecular complexity index is 848. The largest absolute Gasteiger partial charge is 0.293 e. The summed E-state index contributed by atoms with van der Waals surface area (Å²) in [5, 5.41) is 5.72. The lowest BCUT2D eigenvalue weighted by atomic mass is 9.73. The van der Waals surface area contributed by atoms with Gasteiger partial charge in [-0.2, -0.15) is 5.10 Å². The summed E-state index contributed by atoms with van der Waals surface area (Å²) >= 11 is 0. The van der Waals surface area contributed by atoms with Crippen molar-refractivity contribution < 1.29 is 13.6 Å². The zero-order valence-corrected chi connectivity index (χ0v) is 13.9. The number of benzene rings is 2. The van der Waals surface area contributed by atoms with Crippen LogP contribution in [0.3, 0.4) is 0 Å². The van der Waals surface area contributed by atoms with Crippen molar-refractivity contribution in [2.24, 2.45) is 5.10 Å². The number of halogens is 2. The average Bonchev–Trinajstić information content (AvgIpc) is 2.99. The second kappa shape index (κ2) is 6.59. The minimum absolute atomic E-state index is 0.0145. The molecule has 1 atom stereocenters. The molecule has 0 spiro atoms. The van der Waals surface area contributed by atoms with Crippen LogP contribution in [-0.2, 0) is 10.2 Å². The summed E-state index contributed by atoms with van der Waals surface area (Å²) in [6.07, 6.45) is 2.18. The molecule has 0 aliphatic carbocycles. The number of allylic oxidation sites excluding steroid dienone is 1. The fraction of sp³-hybridized carbons (Fsp3) is 0.200. The Morgan fingerprint density at radius 3 is 2.64 bits per heavy atom. The summed E-state index contributed by atoms with van der Waals surface area (Å²) in [5.74, 6) is -1.35. The lowest BCUT2D eigenvalue weighted by molar-refractivity contribution is -0.111. The molecule has 0 amide bonds. The highest BCUT2D eigenvalue weighted by Crippen LogP contribution is 2.39. The van der Waals surface area contributed by atoms with E-state index >= 15 is 0 Å². The number of carbonyl (C=O) groups excluding carboxylic acids is 1. The molecule has 1 heterocycles. The van der Waals surface area contributed by atoms with Crippen LogP contribution in [-0.4, -0.2) is 18.0 Å². The van der Waals surface area contributed by atoms with E-state index in [1.807, 2.05) is 30.3 Å². The summed E-state index contributed by atoms with van der Waals surface area (Å²) in [6, 6.07) is 12.7.